The van der Waals surface area contributed by atoms with Gasteiger partial charge in [-0.15, -0.1) is 35.7 Å². The van der Waals surface area contributed by atoms with Gasteiger partial charge in [-0.05, 0) is 31.2 Å². The highest BCUT2D eigenvalue weighted by Gasteiger charge is 2.09. The number of thioether (sulfide) groups is 1. The second-order valence-corrected chi connectivity index (χ2v) is 7.00. The number of nitrogens with one attached hydrogen (secondary N) is 2. The lowest BCUT2D eigenvalue weighted by Crippen LogP contribution is -2.38. The molecular formula is C20H25IN6OS. The Morgan fingerprint density at radius 3 is 2.69 bits per heavy atom. The van der Waals surface area contributed by atoms with Gasteiger partial charge in [0.05, 0.1) is 0 Å². The van der Waals surface area contributed by atoms with Crippen LogP contribution in [0.3, 0.4) is 0 Å². The van der Waals surface area contributed by atoms with Crippen LogP contribution >= 0.6 is 35.7 Å². The third-order valence-corrected chi connectivity index (χ3v) is 4.72. The highest BCUT2D eigenvalue weighted by atomic mass is 127. The number of hydrogen-bond donors (Lipinski definition) is 2. The van der Waals surface area contributed by atoms with Crippen LogP contribution in [0.25, 0.3) is 11.6 Å². The molecule has 0 unspecified atom stereocenters. The van der Waals surface area contributed by atoms with Crippen molar-refractivity contribution in [3.05, 3.63) is 60.6 Å². The molecule has 9 heteroatoms. The van der Waals surface area contributed by atoms with E-state index in [0.29, 0.717) is 30.4 Å². The van der Waals surface area contributed by atoms with Crippen molar-refractivity contribution in [1.29, 1.82) is 0 Å². The third kappa shape index (κ3) is 8.01. The van der Waals surface area contributed by atoms with Crippen molar-refractivity contribution in [3.63, 3.8) is 0 Å². The van der Waals surface area contributed by atoms with Crippen LogP contribution in [0.15, 0.2) is 69.1 Å². The second kappa shape index (κ2) is 13.2. The number of aliphatic imine (C=N–C) groups is 1. The Bertz CT molecular complexity index is 860. The minimum Gasteiger partial charge on any atom is -0.357 e. The molecule has 0 bridgehead atoms. The largest absolute Gasteiger partial charge is 0.357 e. The second-order valence-electron chi connectivity index (χ2n) is 5.83. The van der Waals surface area contributed by atoms with Crippen LogP contribution in [0.5, 0.6) is 0 Å². The molecule has 1 aromatic carbocycles. The first-order chi connectivity index (χ1) is 13.8. The van der Waals surface area contributed by atoms with E-state index in [1.54, 1.807) is 6.20 Å². The van der Waals surface area contributed by atoms with Crippen LogP contribution in [0.4, 0.5) is 0 Å². The van der Waals surface area contributed by atoms with Crippen LogP contribution in [-0.4, -0.2) is 46.5 Å². The van der Waals surface area contributed by atoms with E-state index in [2.05, 4.69) is 55.0 Å². The Hall–Kier alpha value is -2.14. The van der Waals surface area contributed by atoms with E-state index in [9.17, 15) is 0 Å². The number of guanidine groups is 1. The Morgan fingerprint density at radius 1 is 1.10 bits per heavy atom. The molecule has 0 aliphatic carbocycles. The Labute approximate surface area is 192 Å². The van der Waals surface area contributed by atoms with Gasteiger partial charge in [0, 0.05) is 42.9 Å². The number of nitrogens with zero attached hydrogens (tertiary/aromatic N) is 4. The van der Waals surface area contributed by atoms with Gasteiger partial charge < -0.3 is 15.2 Å². The molecule has 0 aliphatic heterocycles. The number of benzene rings is 1. The molecule has 2 aromatic heterocycles. The van der Waals surface area contributed by atoms with Gasteiger partial charge in [0.15, 0.2) is 11.8 Å². The zero-order valence-electron chi connectivity index (χ0n) is 16.2. The summed E-state index contributed by atoms with van der Waals surface area (Å²) in [5, 5.41) is 10.6. The van der Waals surface area contributed by atoms with E-state index in [-0.39, 0.29) is 24.0 Å². The Kier molecular flexibility index (Phi) is 10.5. The molecule has 3 aromatic rings. The molecule has 0 fully saturated rings. The molecule has 29 heavy (non-hydrogen) atoms. The quantitative estimate of drug-likeness (QED) is 0.145. The zero-order chi connectivity index (χ0) is 19.4. The Morgan fingerprint density at radius 2 is 1.93 bits per heavy atom. The average molecular weight is 524 g/mol. The van der Waals surface area contributed by atoms with E-state index < -0.39 is 0 Å². The van der Waals surface area contributed by atoms with E-state index >= 15 is 0 Å². The summed E-state index contributed by atoms with van der Waals surface area (Å²) >= 11 is 1.82. The van der Waals surface area contributed by atoms with Crippen LogP contribution in [0.1, 0.15) is 12.7 Å². The summed E-state index contributed by atoms with van der Waals surface area (Å²) in [7, 11) is 0. The van der Waals surface area contributed by atoms with Crippen molar-refractivity contribution in [3.8, 4) is 11.6 Å². The summed E-state index contributed by atoms with van der Waals surface area (Å²) in [6.07, 6.45) is 2.31. The van der Waals surface area contributed by atoms with Crippen molar-refractivity contribution in [2.45, 2.75) is 18.2 Å². The van der Waals surface area contributed by atoms with Gasteiger partial charge >= 0.3 is 0 Å². The summed E-state index contributed by atoms with van der Waals surface area (Å²) in [5.74, 6) is 2.82. The van der Waals surface area contributed by atoms with Crippen LogP contribution in [0.2, 0.25) is 0 Å². The molecule has 0 radical (unpaired) electrons. The van der Waals surface area contributed by atoms with Gasteiger partial charge in [0.2, 0.25) is 0 Å². The van der Waals surface area contributed by atoms with Crippen molar-refractivity contribution in [1.82, 2.24) is 25.8 Å². The zero-order valence-corrected chi connectivity index (χ0v) is 19.4. The number of aromatic nitrogens is 3. The maximum absolute atomic E-state index is 5.27. The third-order valence-electron chi connectivity index (χ3n) is 3.71. The van der Waals surface area contributed by atoms with Gasteiger partial charge in [-0.2, -0.15) is 4.98 Å². The number of rotatable bonds is 9. The smallest absolute Gasteiger partial charge is 0.276 e. The molecule has 2 heterocycles. The highest BCUT2D eigenvalue weighted by molar-refractivity contribution is 14.0. The summed E-state index contributed by atoms with van der Waals surface area (Å²) in [4.78, 5) is 14.4. The normalized spacial score (nSPS) is 11.0. The first-order valence-corrected chi connectivity index (χ1v) is 10.3. The van der Waals surface area contributed by atoms with E-state index in [1.165, 1.54) is 4.90 Å². The van der Waals surface area contributed by atoms with Gasteiger partial charge in [0.25, 0.3) is 5.89 Å². The first-order valence-electron chi connectivity index (χ1n) is 9.29. The van der Waals surface area contributed by atoms with Gasteiger partial charge in [-0.3, -0.25) is 9.98 Å². The van der Waals surface area contributed by atoms with Crippen molar-refractivity contribution < 1.29 is 4.52 Å². The molecular weight excluding hydrogens is 499 g/mol. The van der Waals surface area contributed by atoms with Gasteiger partial charge in [-0.25, -0.2) is 0 Å². The topological polar surface area (TPSA) is 88.2 Å². The summed E-state index contributed by atoms with van der Waals surface area (Å²) in [6, 6.07) is 16.0. The van der Waals surface area contributed by atoms with Crippen LogP contribution in [0, 0.1) is 0 Å². The van der Waals surface area contributed by atoms with E-state index in [4.69, 9.17) is 4.52 Å². The summed E-state index contributed by atoms with van der Waals surface area (Å²) in [5.41, 5.74) is 0.677. The van der Waals surface area contributed by atoms with Gasteiger partial charge in [-0.1, -0.05) is 29.4 Å². The fourth-order valence-corrected chi connectivity index (χ4v) is 3.20. The molecule has 0 spiro atoms. The number of hydrogen-bond acceptors (Lipinski definition) is 6. The lowest BCUT2D eigenvalue weighted by Gasteiger charge is -2.10. The minimum absolute atomic E-state index is 0. The lowest BCUT2D eigenvalue weighted by molar-refractivity contribution is 0.421. The predicted octanol–water partition coefficient (Wildman–Crippen LogP) is 3.64. The molecule has 3 rings (SSSR count). The predicted molar refractivity (Wildman–Crippen MR) is 128 cm³/mol. The van der Waals surface area contributed by atoms with Crippen molar-refractivity contribution in [2.75, 3.05) is 25.4 Å². The standard InChI is InChI=1S/C20H24N6OS.HI/c1-2-21-20(24-14-15-28-16-8-4-3-5-9-16)23-13-11-18-25-19(27-26-18)17-10-6-7-12-22-17;/h3-10,12H,2,11,13-15H2,1H3,(H2,21,23,24);1H. The fraction of sp³-hybridized carbons (Fsp3) is 0.300. The van der Waals surface area contributed by atoms with E-state index in [0.717, 1.165) is 24.8 Å². The van der Waals surface area contributed by atoms with E-state index in [1.807, 2.05) is 43.0 Å². The first kappa shape index (κ1) is 23.1. The highest BCUT2D eigenvalue weighted by Crippen LogP contribution is 2.15. The Balaban J connectivity index is 0.00000300. The minimum atomic E-state index is 0. The molecule has 0 aliphatic rings. The summed E-state index contributed by atoms with van der Waals surface area (Å²) in [6.45, 7) is 4.26. The fourth-order valence-electron chi connectivity index (χ4n) is 2.41. The van der Waals surface area contributed by atoms with Crippen LogP contribution in [-0.2, 0) is 6.42 Å². The average Bonchev–Trinajstić information content (AvgIpc) is 3.21. The molecule has 154 valence electrons. The molecule has 0 atom stereocenters. The maximum Gasteiger partial charge on any atom is 0.276 e. The van der Waals surface area contributed by atoms with Crippen molar-refractivity contribution in [2.24, 2.45) is 4.99 Å². The maximum atomic E-state index is 5.27. The van der Waals surface area contributed by atoms with Crippen molar-refractivity contribution >= 4 is 41.7 Å². The number of halogens is 1. The van der Waals surface area contributed by atoms with Gasteiger partial charge in [0.1, 0.15) is 5.69 Å². The van der Waals surface area contributed by atoms with Crippen LogP contribution < -0.4 is 10.6 Å². The molecule has 2 N–H and O–H groups in total. The lowest BCUT2D eigenvalue weighted by atomic mass is 10.3. The molecule has 0 saturated carbocycles. The summed E-state index contributed by atoms with van der Waals surface area (Å²) < 4.78 is 5.27. The SMILES string of the molecule is CCNC(=NCCc1noc(-c2ccccn2)n1)NCCSc1ccccc1.I. The molecule has 0 saturated heterocycles. The number of pyridine rings is 1. The molecule has 0 amide bonds. The monoisotopic (exact) mass is 524 g/mol. The molecule has 7 nitrogen and oxygen atoms in total.